The normalized spacial score (nSPS) is 38.4. The van der Waals surface area contributed by atoms with E-state index in [-0.39, 0.29) is 0 Å². The number of rotatable bonds is 0. The van der Waals surface area contributed by atoms with Crippen LogP contribution in [0.25, 0.3) is 0 Å². The van der Waals surface area contributed by atoms with E-state index in [2.05, 4.69) is 72.7 Å². The molecule has 2 unspecified atom stereocenters. The van der Waals surface area contributed by atoms with Crippen LogP contribution in [0.5, 0.6) is 0 Å². The molecule has 0 nitrogen and oxygen atoms in total. The van der Waals surface area contributed by atoms with Crippen molar-refractivity contribution in [3.63, 3.8) is 0 Å². The van der Waals surface area contributed by atoms with Gasteiger partial charge in [-0.05, 0) is 0 Å². The SMILES string of the molecule is CC(C)(C)[P+]1([Se-])C[P+]([Se-])(C(C)(C)C)[Se][Se]1. The predicted molar refractivity (Wildman–Crippen MR) is 81.2 cm³/mol. The van der Waals surface area contributed by atoms with Gasteiger partial charge in [0.2, 0.25) is 0 Å². The Morgan fingerprint density at radius 1 is 0.800 bits per heavy atom. The fourth-order valence-electron chi connectivity index (χ4n) is 1.05. The molecule has 1 rings (SSSR count). The second-order valence-electron chi connectivity index (χ2n) is 5.98. The van der Waals surface area contributed by atoms with Gasteiger partial charge in [0, 0.05) is 0 Å². The third-order valence-corrected chi connectivity index (χ3v) is 80.3. The van der Waals surface area contributed by atoms with Crippen molar-refractivity contribution in [2.24, 2.45) is 0 Å². The molecule has 1 aliphatic rings. The molecule has 2 atom stereocenters. The summed E-state index contributed by atoms with van der Waals surface area (Å²) in [7, 11) is 0. The Hall–Kier alpha value is 2.94. The maximum absolute atomic E-state index is 3.68. The second kappa shape index (κ2) is 4.80. The van der Waals surface area contributed by atoms with Crippen molar-refractivity contribution in [2.75, 3.05) is 5.90 Å². The molecule has 1 aliphatic heterocycles. The first-order chi connectivity index (χ1) is 6.41. The van der Waals surface area contributed by atoms with Crippen LogP contribution in [0.1, 0.15) is 41.5 Å². The Morgan fingerprint density at radius 3 is 1.20 bits per heavy atom. The maximum atomic E-state index is 3.68. The van der Waals surface area contributed by atoms with E-state index in [1.54, 1.807) is 5.90 Å². The van der Waals surface area contributed by atoms with E-state index < -0.39 is 9.28 Å². The molecule has 0 saturated carbocycles. The molecular weight excluding hydrogens is 486 g/mol. The monoisotopic (exact) mass is 510 g/mol. The Labute approximate surface area is 122 Å². The van der Waals surface area contributed by atoms with Crippen molar-refractivity contribution in [1.82, 2.24) is 0 Å². The Balaban J connectivity index is 2.93. The van der Waals surface area contributed by atoms with Crippen molar-refractivity contribution in [3.8, 4) is 0 Å². The molecule has 0 spiro atoms. The third-order valence-electron chi connectivity index (χ3n) is 2.69. The Kier molecular flexibility index (Phi) is 5.12. The minimum absolute atomic E-state index is 0.547. The average molecular weight is 506 g/mol. The molecular formula is C9H20P2Se4. The van der Waals surface area contributed by atoms with E-state index in [1.165, 1.54) is 0 Å². The topological polar surface area (TPSA) is 0 Å². The second-order valence-corrected chi connectivity index (χ2v) is 47.1. The van der Waals surface area contributed by atoms with Crippen molar-refractivity contribution < 1.29 is 0 Å². The van der Waals surface area contributed by atoms with Crippen LogP contribution >= 0.6 is 9.28 Å². The van der Waals surface area contributed by atoms with E-state index in [0.29, 0.717) is 10.3 Å². The van der Waals surface area contributed by atoms with Crippen LogP contribution in [-0.4, -0.2) is 72.7 Å². The van der Waals surface area contributed by atoms with Gasteiger partial charge in [-0.15, -0.1) is 0 Å². The van der Waals surface area contributed by atoms with Gasteiger partial charge in [-0.25, -0.2) is 0 Å². The standard InChI is InChI=1S/C9H20P2Se4/c1-8(2,3)10(12)7-11(13,15-14-10)9(4,5)6/h7H2,1-6H3. The van der Waals surface area contributed by atoms with E-state index in [1.807, 2.05) is 0 Å². The summed E-state index contributed by atoms with van der Waals surface area (Å²) in [5, 5.41) is 1.09. The van der Waals surface area contributed by atoms with Gasteiger partial charge in [-0.1, -0.05) is 0 Å². The van der Waals surface area contributed by atoms with Crippen LogP contribution in [0.15, 0.2) is 0 Å². The molecule has 0 amide bonds. The van der Waals surface area contributed by atoms with Gasteiger partial charge in [-0.2, -0.15) is 0 Å². The quantitative estimate of drug-likeness (QED) is 0.351. The molecule has 1 fully saturated rings. The first kappa shape index (κ1) is 16.0. The van der Waals surface area contributed by atoms with E-state index >= 15 is 0 Å². The molecule has 1 saturated heterocycles. The van der Waals surface area contributed by atoms with Crippen LogP contribution in [-0.2, 0) is 0 Å². The summed E-state index contributed by atoms with van der Waals surface area (Å²) in [4.78, 5) is 0. The van der Waals surface area contributed by atoms with E-state index in [0.717, 1.165) is 25.4 Å². The molecule has 90 valence electrons. The summed E-state index contributed by atoms with van der Waals surface area (Å²) in [5.41, 5.74) is 0. The summed E-state index contributed by atoms with van der Waals surface area (Å²) >= 11 is 9.23. The molecule has 1 heterocycles. The minimum atomic E-state index is -0.738. The van der Waals surface area contributed by atoms with Gasteiger partial charge in [0.25, 0.3) is 0 Å². The number of hydrogen-bond acceptors (Lipinski definition) is 0. The fraction of sp³-hybridized carbons (Fsp3) is 1.00. The zero-order chi connectivity index (χ0) is 12.1. The fourth-order valence-corrected chi connectivity index (χ4v) is 116. The molecule has 0 aromatic rings. The van der Waals surface area contributed by atoms with Gasteiger partial charge in [0.05, 0.1) is 0 Å². The summed E-state index contributed by atoms with van der Waals surface area (Å²) in [5.74, 6) is 1.55. The molecule has 0 aromatic carbocycles. The Morgan fingerprint density at radius 2 is 1.07 bits per heavy atom. The third kappa shape index (κ3) is 3.28. The predicted octanol–water partition coefficient (Wildman–Crippen LogP) is 2.91. The van der Waals surface area contributed by atoms with Crippen LogP contribution in [0.3, 0.4) is 0 Å². The molecule has 6 heteroatoms. The van der Waals surface area contributed by atoms with Crippen LogP contribution in [0.4, 0.5) is 0 Å². The zero-order valence-electron chi connectivity index (χ0n) is 10.2. The molecule has 0 bridgehead atoms. The van der Waals surface area contributed by atoms with Gasteiger partial charge < -0.3 is 0 Å². The summed E-state index contributed by atoms with van der Waals surface area (Å²) < 4.78 is -1.48. The van der Waals surface area contributed by atoms with Crippen LogP contribution in [0, 0.1) is 0 Å². The molecule has 0 aromatic heterocycles. The van der Waals surface area contributed by atoms with E-state index in [4.69, 9.17) is 0 Å². The Bertz CT molecular complexity index is 232. The molecule has 0 N–H and O–H groups in total. The molecule has 15 heavy (non-hydrogen) atoms. The van der Waals surface area contributed by atoms with Gasteiger partial charge in [0.1, 0.15) is 0 Å². The van der Waals surface area contributed by atoms with Crippen molar-refractivity contribution in [1.29, 1.82) is 0 Å². The van der Waals surface area contributed by atoms with Crippen molar-refractivity contribution in [3.05, 3.63) is 0 Å². The first-order valence-electron chi connectivity index (χ1n) is 4.98. The number of hydrogen-bond donors (Lipinski definition) is 0. The van der Waals surface area contributed by atoms with Crippen LogP contribution in [0.2, 0.25) is 0 Å². The first-order valence-corrected chi connectivity index (χ1v) is 22.1. The van der Waals surface area contributed by atoms with E-state index in [9.17, 15) is 0 Å². The molecule has 0 aliphatic carbocycles. The van der Waals surface area contributed by atoms with Gasteiger partial charge >= 0.3 is 124 Å². The van der Waals surface area contributed by atoms with Crippen molar-refractivity contribution in [2.45, 2.75) is 51.9 Å². The van der Waals surface area contributed by atoms with Gasteiger partial charge in [0.15, 0.2) is 0 Å². The zero-order valence-corrected chi connectivity index (χ0v) is 18.9. The van der Waals surface area contributed by atoms with Crippen molar-refractivity contribution >= 4 is 65.8 Å². The molecule has 0 radical (unpaired) electrons. The van der Waals surface area contributed by atoms with Gasteiger partial charge in [-0.3, -0.25) is 0 Å². The average Bonchev–Trinajstić information content (AvgIpc) is 2.26. The summed E-state index contributed by atoms with van der Waals surface area (Å²) in [6.07, 6.45) is 0. The summed E-state index contributed by atoms with van der Waals surface area (Å²) in [6.45, 7) is 14.7. The van der Waals surface area contributed by atoms with Crippen LogP contribution < -0.4 is 0 Å². The summed E-state index contributed by atoms with van der Waals surface area (Å²) in [6, 6.07) is 0.